The van der Waals surface area contributed by atoms with Crippen LogP contribution in [0.15, 0.2) is 54.6 Å². The number of para-hydroxylation sites is 1. The second-order valence-electron chi connectivity index (χ2n) is 6.34. The third-order valence-electron chi connectivity index (χ3n) is 4.59. The van der Waals surface area contributed by atoms with E-state index in [0.717, 1.165) is 24.4 Å². The van der Waals surface area contributed by atoms with Gasteiger partial charge >= 0.3 is 0 Å². The SMILES string of the molecule is COc1ccc(C(CNC(=O)COc2ccccc2)N2CCOCC2)cc1. The summed E-state index contributed by atoms with van der Waals surface area (Å²) in [6, 6.07) is 17.4. The maximum atomic E-state index is 12.2. The molecule has 0 spiro atoms. The minimum absolute atomic E-state index is 0.00244. The molecular formula is C21H26N2O4. The maximum Gasteiger partial charge on any atom is 0.258 e. The molecule has 0 bridgehead atoms. The highest BCUT2D eigenvalue weighted by Gasteiger charge is 2.23. The summed E-state index contributed by atoms with van der Waals surface area (Å²) in [5.74, 6) is 1.37. The van der Waals surface area contributed by atoms with Gasteiger partial charge in [-0.3, -0.25) is 9.69 Å². The quantitative estimate of drug-likeness (QED) is 0.772. The summed E-state index contributed by atoms with van der Waals surface area (Å²) in [6.45, 7) is 3.61. The molecule has 144 valence electrons. The molecular weight excluding hydrogens is 344 g/mol. The summed E-state index contributed by atoms with van der Waals surface area (Å²) in [4.78, 5) is 14.6. The number of nitrogens with zero attached hydrogens (tertiary/aromatic N) is 1. The number of carbonyl (C=O) groups is 1. The van der Waals surface area contributed by atoms with Gasteiger partial charge in [-0.05, 0) is 29.8 Å². The molecule has 1 aliphatic rings. The normalized spacial score (nSPS) is 15.7. The highest BCUT2D eigenvalue weighted by Crippen LogP contribution is 2.23. The van der Waals surface area contributed by atoms with Gasteiger partial charge in [0.05, 0.1) is 26.4 Å². The van der Waals surface area contributed by atoms with Crippen molar-refractivity contribution in [3.8, 4) is 11.5 Å². The van der Waals surface area contributed by atoms with Gasteiger partial charge in [0.15, 0.2) is 6.61 Å². The first-order chi connectivity index (χ1) is 13.3. The standard InChI is InChI=1S/C21H26N2O4/c1-25-18-9-7-17(8-10-18)20(23-11-13-26-14-12-23)15-22-21(24)16-27-19-5-3-2-4-6-19/h2-10,20H,11-16H2,1H3,(H,22,24). The molecule has 1 N–H and O–H groups in total. The van der Waals surface area contributed by atoms with Gasteiger partial charge in [-0.1, -0.05) is 30.3 Å². The molecule has 3 rings (SSSR count). The lowest BCUT2D eigenvalue weighted by atomic mass is 10.0. The van der Waals surface area contributed by atoms with Gasteiger partial charge in [-0.2, -0.15) is 0 Å². The summed E-state index contributed by atoms with van der Waals surface area (Å²) in [5, 5.41) is 3.00. The number of hydrogen-bond acceptors (Lipinski definition) is 5. The van der Waals surface area contributed by atoms with Gasteiger partial charge in [0, 0.05) is 19.6 Å². The average Bonchev–Trinajstić information content (AvgIpc) is 2.74. The second kappa shape index (κ2) is 9.94. The summed E-state index contributed by atoms with van der Waals surface area (Å²) in [6.07, 6.45) is 0. The van der Waals surface area contributed by atoms with Crippen molar-refractivity contribution in [1.29, 1.82) is 0 Å². The first-order valence-corrected chi connectivity index (χ1v) is 9.16. The van der Waals surface area contributed by atoms with Crippen LogP contribution < -0.4 is 14.8 Å². The number of rotatable bonds is 8. The van der Waals surface area contributed by atoms with Gasteiger partial charge in [-0.15, -0.1) is 0 Å². The molecule has 1 atom stereocenters. The van der Waals surface area contributed by atoms with Crippen LogP contribution in [-0.2, 0) is 9.53 Å². The van der Waals surface area contributed by atoms with Crippen LogP contribution in [0.4, 0.5) is 0 Å². The minimum atomic E-state index is -0.134. The first-order valence-electron chi connectivity index (χ1n) is 9.16. The highest BCUT2D eigenvalue weighted by atomic mass is 16.5. The van der Waals surface area contributed by atoms with Gasteiger partial charge < -0.3 is 19.5 Å². The van der Waals surface area contributed by atoms with E-state index in [2.05, 4.69) is 10.2 Å². The van der Waals surface area contributed by atoms with Crippen molar-refractivity contribution in [3.05, 3.63) is 60.2 Å². The number of nitrogens with one attached hydrogen (secondary N) is 1. The molecule has 0 saturated carbocycles. The molecule has 0 aliphatic carbocycles. The first kappa shape index (κ1) is 19.2. The van der Waals surface area contributed by atoms with Crippen LogP contribution in [0.3, 0.4) is 0 Å². The largest absolute Gasteiger partial charge is 0.497 e. The van der Waals surface area contributed by atoms with Crippen LogP contribution in [0, 0.1) is 0 Å². The smallest absolute Gasteiger partial charge is 0.258 e. The number of amides is 1. The summed E-state index contributed by atoms with van der Waals surface area (Å²) in [5.41, 5.74) is 1.14. The number of benzene rings is 2. The van der Waals surface area contributed by atoms with Gasteiger partial charge in [-0.25, -0.2) is 0 Å². The molecule has 27 heavy (non-hydrogen) atoms. The van der Waals surface area contributed by atoms with E-state index < -0.39 is 0 Å². The molecule has 1 aliphatic heterocycles. The van der Waals surface area contributed by atoms with Gasteiger partial charge in [0.25, 0.3) is 5.91 Å². The van der Waals surface area contributed by atoms with Crippen molar-refractivity contribution in [2.24, 2.45) is 0 Å². The summed E-state index contributed by atoms with van der Waals surface area (Å²) < 4.78 is 16.2. The van der Waals surface area contributed by atoms with E-state index in [4.69, 9.17) is 14.2 Å². The zero-order valence-corrected chi connectivity index (χ0v) is 15.6. The average molecular weight is 370 g/mol. The van der Waals surface area contributed by atoms with Crippen molar-refractivity contribution < 1.29 is 19.0 Å². The van der Waals surface area contributed by atoms with Crippen LogP contribution in [0.5, 0.6) is 11.5 Å². The fraction of sp³-hybridized carbons (Fsp3) is 0.381. The van der Waals surface area contributed by atoms with Crippen molar-refractivity contribution in [3.63, 3.8) is 0 Å². The fourth-order valence-electron chi connectivity index (χ4n) is 3.10. The predicted octanol–water partition coefficient (Wildman–Crippen LogP) is 2.26. The van der Waals surface area contributed by atoms with E-state index in [1.807, 2.05) is 54.6 Å². The molecule has 2 aromatic carbocycles. The second-order valence-corrected chi connectivity index (χ2v) is 6.34. The molecule has 2 aromatic rings. The summed E-state index contributed by atoms with van der Waals surface area (Å²) >= 11 is 0. The van der Waals surface area contributed by atoms with E-state index in [0.29, 0.717) is 25.5 Å². The Morgan fingerprint density at radius 2 is 1.78 bits per heavy atom. The Bertz CT molecular complexity index is 700. The van der Waals surface area contributed by atoms with Crippen molar-refractivity contribution in [1.82, 2.24) is 10.2 Å². The molecule has 1 heterocycles. The number of carbonyl (C=O) groups excluding carboxylic acids is 1. The van der Waals surface area contributed by atoms with E-state index >= 15 is 0 Å². The minimum Gasteiger partial charge on any atom is -0.497 e. The molecule has 1 unspecified atom stereocenters. The Morgan fingerprint density at radius 1 is 1.07 bits per heavy atom. The number of morpholine rings is 1. The van der Waals surface area contributed by atoms with E-state index in [9.17, 15) is 4.79 Å². The van der Waals surface area contributed by atoms with E-state index in [1.54, 1.807) is 7.11 Å². The number of hydrogen-bond donors (Lipinski definition) is 1. The number of ether oxygens (including phenoxy) is 3. The Morgan fingerprint density at radius 3 is 2.44 bits per heavy atom. The van der Waals surface area contributed by atoms with Gasteiger partial charge in [0.1, 0.15) is 11.5 Å². The molecule has 1 fully saturated rings. The monoisotopic (exact) mass is 370 g/mol. The Balaban J connectivity index is 1.59. The molecule has 0 aromatic heterocycles. The topological polar surface area (TPSA) is 60.0 Å². The van der Waals surface area contributed by atoms with Crippen molar-refractivity contribution in [2.75, 3.05) is 46.6 Å². The van der Waals surface area contributed by atoms with Crippen LogP contribution in [0.2, 0.25) is 0 Å². The zero-order chi connectivity index (χ0) is 18.9. The van der Waals surface area contributed by atoms with Crippen LogP contribution in [0.1, 0.15) is 11.6 Å². The van der Waals surface area contributed by atoms with Gasteiger partial charge in [0.2, 0.25) is 0 Å². The number of methoxy groups -OCH3 is 1. The third kappa shape index (κ3) is 5.70. The Hall–Kier alpha value is -2.57. The van der Waals surface area contributed by atoms with Crippen LogP contribution >= 0.6 is 0 Å². The van der Waals surface area contributed by atoms with E-state index in [1.165, 1.54) is 0 Å². The highest BCUT2D eigenvalue weighted by molar-refractivity contribution is 5.77. The lowest BCUT2D eigenvalue weighted by Crippen LogP contribution is -2.44. The lowest BCUT2D eigenvalue weighted by Gasteiger charge is -2.35. The molecule has 0 radical (unpaired) electrons. The lowest BCUT2D eigenvalue weighted by molar-refractivity contribution is -0.123. The maximum absolute atomic E-state index is 12.2. The Labute approximate surface area is 160 Å². The molecule has 6 heteroatoms. The van der Waals surface area contributed by atoms with E-state index in [-0.39, 0.29) is 18.6 Å². The van der Waals surface area contributed by atoms with Crippen LogP contribution in [-0.4, -0.2) is 57.4 Å². The van der Waals surface area contributed by atoms with Crippen molar-refractivity contribution in [2.45, 2.75) is 6.04 Å². The summed E-state index contributed by atoms with van der Waals surface area (Å²) in [7, 11) is 1.65. The third-order valence-corrected chi connectivity index (χ3v) is 4.59. The zero-order valence-electron chi connectivity index (χ0n) is 15.6. The van der Waals surface area contributed by atoms with Crippen LogP contribution in [0.25, 0.3) is 0 Å². The Kier molecular flexibility index (Phi) is 7.07. The molecule has 1 saturated heterocycles. The predicted molar refractivity (Wildman–Crippen MR) is 103 cm³/mol. The molecule has 1 amide bonds. The molecule has 6 nitrogen and oxygen atoms in total. The van der Waals surface area contributed by atoms with Crippen molar-refractivity contribution >= 4 is 5.91 Å². The fourth-order valence-corrected chi connectivity index (χ4v) is 3.10.